The third-order valence-corrected chi connectivity index (χ3v) is 4.61. The summed E-state index contributed by atoms with van der Waals surface area (Å²) < 4.78 is 38.2. The summed E-state index contributed by atoms with van der Waals surface area (Å²) in [7, 11) is 0. The second-order valence-electron chi connectivity index (χ2n) is 7.26. The van der Waals surface area contributed by atoms with Crippen LogP contribution in [0.25, 0.3) is 0 Å². The van der Waals surface area contributed by atoms with Crippen LogP contribution in [0.4, 0.5) is 18.9 Å². The molecule has 0 aliphatic heterocycles. The van der Waals surface area contributed by atoms with Gasteiger partial charge in [-0.15, -0.1) is 0 Å². The summed E-state index contributed by atoms with van der Waals surface area (Å²) in [4.78, 5) is 24.4. The summed E-state index contributed by atoms with van der Waals surface area (Å²) in [6.45, 7) is 4.68. The van der Waals surface area contributed by atoms with Crippen molar-refractivity contribution in [1.29, 1.82) is 0 Å². The van der Waals surface area contributed by atoms with Crippen LogP contribution >= 0.6 is 0 Å². The summed E-state index contributed by atoms with van der Waals surface area (Å²) in [5.74, 6) is -0.251. The van der Waals surface area contributed by atoms with Gasteiger partial charge in [0.1, 0.15) is 0 Å². The third-order valence-electron chi connectivity index (χ3n) is 4.61. The summed E-state index contributed by atoms with van der Waals surface area (Å²) in [6.07, 6.45) is -2.09. The van der Waals surface area contributed by atoms with Gasteiger partial charge in [-0.2, -0.15) is 13.2 Å². The molecule has 0 spiro atoms. The van der Waals surface area contributed by atoms with Crippen LogP contribution in [0.1, 0.15) is 45.1 Å². The molecular formula is C19H25F3N2O2. The lowest BCUT2D eigenvalue weighted by atomic mass is 9.81. The van der Waals surface area contributed by atoms with Crippen molar-refractivity contribution in [2.24, 2.45) is 17.8 Å². The van der Waals surface area contributed by atoms with E-state index in [2.05, 4.69) is 10.6 Å². The molecule has 0 aromatic heterocycles. The highest BCUT2D eigenvalue weighted by molar-refractivity contribution is 5.92. The first-order valence-electron chi connectivity index (χ1n) is 8.92. The highest BCUT2D eigenvalue weighted by Gasteiger charge is 2.32. The Morgan fingerprint density at radius 1 is 1.08 bits per heavy atom. The van der Waals surface area contributed by atoms with Crippen molar-refractivity contribution in [1.82, 2.24) is 5.32 Å². The van der Waals surface area contributed by atoms with Crippen LogP contribution in [0, 0.1) is 17.8 Å². The van der Waals surface area contributed by atoms with Gasteiger partial charge in [0.05, 0.1) is 5.56 Å². The predicted octanol–water partition coefficient (Wildman–Crippen LogP) is 4.22. The Balaban J connectivity index is 1.86. The molecule has 0 bridgehead atoms. The van der Waals surface area contributed by atoms with Crippen LogP contribution in [0.5, 0.6) is 0 Å². The zero-order chi connectivity index (χ0) is 19.3. The Kier molecular flexibility index (Phi) is 6.67. The number of benzene rings is 1. The van der Waals surface area contributed by atoms with E-state index in [0.29, 0.717) is 38.1 Å². The van der Waals surface area contributed by atoms with Crippen LogP contribution in [0.3, 0.4) is 0 Å². The smallest absolute Gasteiger partial charge is 0.356 e. The molecule has 1 aromatic rings. The van der Waals surface area contributed by atoms with Crippen LogP contribution in [-0.4, -0.2) is 18.4 Å². The number of anilines is 1. The molecule has 2 amide bonds. The Bertz CT molecular complexity index is 636. The first-order valence-corrected chi connectivity index (χ1v) is 8.92. The lowest BCUT2D eigenvalue weighted by Gasteiger charge is -2.27. The van der Waals surface area contributed by atoms with Gasteiger partial charge in [-0.3, -0.25) is 9.59 Å². The molecule has 1 saturated carbocycles. The topological polar surface area (TPSA) is 58.2 Å². The van der Waals surface area contributed by atoms with Gasteiger partial charge >= 0.3 is 6.18 Å². The summed E-state index contributed by atoms with van der Waals surface area (Å²) in [6, 6.07) is 4.62. The SMILES string of the molecule is CC(C)CNC(=O)C1CCC(C(=O)Nc2cccc(C(F)(F)F)c2)CC1. The molecule has 0 unspecified atom stereocenters. The van der Waals surface area contributed by atoms with Gasteiger partial charge in [0.2, 0.25) is 11.8 Å². The van der Waals surface area contributed by atoms with Gasteiger partial charge in [0.15, 0.2) is 0 Å². The van der Waals surface area contributed by atoms with E-state index >= 15 is 0 Å². The molecule has 1 fully saturated rings. The Hall–Kier alpha value is -2.05. The normalized spacial score (nSPS) is 20.7. The number of carbonyl (C=O) groups is 2. The van der Waals surface area contributed by atoms with Crippen molar-refractivity contribution >= 4 is 17.5 Å². The fourth-order valence-electron chi connectivity index (χ4n) is 3.08. The molecule has 26 heavy (non-hydrogen) atoms. The summed E-state index contributed by atoms with van der Waals surface area (Å²) in [5.41, 5.74) is -0.651. The van der Waals surface area contributed by atoms with Gasteiger partial charge in [-0.25, -0.2) is 0 Å². The highest BCUT2D eigenvalue weighted by Crippen LogP contribution is 2.32. The van der Waals surface area contributed by atoms with E-state index in [1.54, 1.807) is 0 Å². The number of halogens is 3. The van der Waals surface area contributed by atoms with Crippen LogP contribution in [0.15, 0.2) is 24.3 Å². The molecule has 4 nitrogen and oxygen atoms in total. The Morgan fingerprint density at radius 2 is 1.65 bits per heavy atom. The number of nitrogens with one attached hydrogen (secondary N) is 2. The zero-order valence-corrected chi connectivity index (χ0v) is 15.0. The fourth-order valence-corrected chi connectivity index (χ4v) is 3.08. The van der Waals surface area contributed by atoms with Crippen LogP contribution in [-0.2, 0) is 15.8 Å². The number of hydrogen-bond donors (Lipinski definition) is 2. The minimum Gasteiger partial charge on any atom is -0.356 e. The second-order valence-corrected chi connectivity index (χ2v) is 7.26. The molecule has 0 heterocycles. The number of carbonyl (C=O) groups excluding carboxylic acids is 2. The van der Waals surface area contributed by atoms with Crippen molar-refractivity contribution in [3.63, 3.8) is 0 Å². The molecule has 1 aliphatic rings. The van der Waals surface area contributed by atoms with E-state index in [0.717, 1.165) is 12.1 Å². The molecule has 0 saturated heterocycles. The van der Waals surface area contributed by atoms with E-state index in [4.69, 9.17) is 0 Å². The molecular weight excluding hydrogens is 345 g/mol. The summed E-state index contributed by atoms with van der Waals surface area (Å²) in [5, 5.41) is 5.48. The first kappa shape index (κ1) is 20.3. The van der Waals surface area contributed by atoms with Crippen LogP contribution in [0.2, 0.25) is 0 Å². The van der Waals surface area contributed by atoms with Crippen molar-refractivity contribution in [2.75, 3.05) is 11.9 Å². The maximum absolute atomic E-state index is 12.7. The molecule has 2 N–H and O–H groups in total. The van der Waals surface area contributed by atoms with E-state index in [-0.39, 0.29) is 29.3 Å². The maximum Gasteiger partial charge on any atom is 0.416 e. The molecule has 1 aliphatic carbocycles. The Labute approximate surface area is 151 Å². The van der Waals surface area contributed by atoms with Gasteiger partial charge < -0.3 is 10.6 Å². The first-order chi connectivity index (χ1) is 12.2. The number of rotatable bonds is 5. The average molecular weight is 370 g/mol. The van der Waals surface area contributed by atoms with E-state index in [9.17, 15) is 22.8 Å². The van der Waals surface area contributed by atoms with Gasteiger partial charge in [-0.1, -0.05) is 19.9 Å². The highest BCUT2D eigenvalue weighted by atomic mass is 19.4. The van der Waals surface area contributed by atoms with E-state index in [1.165, 1.54) is 12.1 Å². The minimum atomic E-state index is -4.44. The van der Waals surface area contributed by atoms with Gasteiger partial charge in [-0.05, 0) is 49.8 Å². The van der Waals surface area contributed by atoms with Crippen molar-refractivity contribution in [3.05, 3.63) is 29.8 Å². The molecule has 7 heteroatoms. The lowest BCUT2D eigenvalue weighted by Crippen LogP contribution is -2.37. The lowest BCUT2D eigenvalue weighted by molar-refractivity contribution is -0.137. The molecule has 0 atom stereocenters. The van der Waals surface area contributed by atoms with Crippen molar-refractivity contribution in [3.8, 4) is 0 Å². The molecule has 2 rings (SSSR count). The fraction of sp³-hybridized carbons (Fsp3) is 0.579. The third kappa shape index (κ3) is 5.75. The predicted molar refractivity (Wildman–Crippen MR) is 93.4 cm³/mol. The van der Waals surface area contributed by atoms with Crippen LogP contribution < -0.4 is 10.6 Å². The minimum absolute atomic E-state index is 0.0236. The zero-order valence-electron chi connectivity index (χ0n) is 15.0. The molecule has 1 aromatic carbocycles. The van der Waals surface area contributed by atoms with E-state index < -0.39 is 11.7 Å². The Morgan fingerprint density at radius 3 is 2.19 bits per heavy atom. The number of alkyl halides is 3. The van der Waals surface area contributed by atoms with Crippen molar-refractivity contribution in [2.45, 2.75) is 45.7 Å². The monoisotopic (exact) mass is 370 g/mol. The van der Waals surface area contributed by atoms with E-state index in [1.807, 2.05) is 13.8 Å². The van der Waals surface area contributed by atoms with Gasteiger partial charge in [0.25, 0.3) is 0 Å². The quantitative estimate of drug-likeness (QED) is 0.815. The summed E-state index contributed by atoms with van der Waals surface area (Å²) >= 11 is 0. The molecule has 144 valence electrons. The van der Waals surface area contributed by atoms with Crippen molar-refractivity contribution < 1.29 is 22.8 Å². The standard InChI is InChI=1S/C19H25F3N2O2/c1-12(2)11-23-17(25)13-6-8-14(9-7-13)18(26)24-16-5-3-4-15(10-16)19(20,21)22/h3-5,10,12-14H,6-9,11H2,1-2H3,(H,23,25)(H,24,26). The maximum atomic E-state index is 12.7. The number of amides is 2. The molecule has 0 radical (unpaired) electrons. The average Bonchev–Trinajstić information content (AvgIpc) is 2.59. The largest absolute Gasteiger partial charge is 0.416 e. The number of hydrogen-bond acceptors (Lipinski definition) is 2. The van der Waals surface area contributed by atoms with Gasteiger partial charge in [0, 0.05) is 24.1 Å². The second kappa shape index (κ2) is 8.56.